The SMILES string of the molecule is CCOC(CNS(=O)(=O)c1ccc(OC)c(OC)c1)OCC. The molecule has 0 aliphatic carbocycles. The van der Waals surface area contributed by atoms with E-state index in [1.54, 1.807) is 0 Å². The molecule has 0 radical (unpaired) electrons. The van der Waals surface area contributed by atoms with Crippen molar-refractivity contribution in [1.82, 2.24) is 4.72 Å². The van der Waals surface area contributed by atoms with Crippen LogP contribution in [0.1, 0.15) is 13.8 Å². The molecule has 0 aromatic heterocycles. The summed E-state index contributed by atoms with van der Waals surface area (Å²) < 4.78 is 47.8. The molecule has 0 fully saturated rings. The van der Waals surface area contributed by atoms with E-state index in [2.05, 4.69) is 4.72 Å². The van der Waals surface area contributed by atoms with Crippen LogP contribution in [-0.4, -0.2) is 48.7 Å². The maximum absolute atomic E-state index is 12.3. The van der Waals surface area contributed by atoms with Crippen LogP contribution < -0.4 is 14.2 Å². The Kier molecular flexibility index (Phi) is 7.60. The van der Waals surface area contributed by atoms with Crippen molar-refractivity contribution in [2.75, 3.05) is 34.0 Å². The van der Waals surface area contributed by atoms with Gasteiger partial charge in [0.05, 0.1) is 25.7 Å². The van der Waals surface area contributed by atoms with Crippen molar-refractivity contribution in [3.8, 4) is 11.5 Å². The number of sulfonamides is 1. The second-order valence-corrected chi connectivity index (χ2v) is 5.98. The number of hydrogen-bond donors (Lipinski definition) is 1. The Morgan fingerprint density at radius 1 is 1.05 bits per heavy atom. The Morgan fingerprint density at radius 3 is 2.14 bits per heavy atom. The number of hydrogen-bond acceptors (Lipinski definition) is 6. The van der Waals surface area contributed by atoms with Crippen molar-refractivity contribution in [2.45, 2.75) is 25.0 Å². The predicted molar refractivity (Wildman–Crippen MR) is 81.8 cm³/mol. The zero-order chi connectivity index (χ0) is 16.6. The second kappa shape index (κ2) is 8.94. The summed E-state index contributed by atoms with van der Waals surface area (Å²) >= 11 is 0. The van der Waals surface area contributed by atoms with Gasteiger partial charge in [-0.15, -0.1) is 0 Å². The molecule has 8 heteroatoms. The molecule has 22 heavy (non-hydrogen) atoms. The monoisotopic (exact) mass is 333 g/mol. The van der Waals surface area contributed by atoms with Crippen LogP contribution in [0.25, 0.3) is 0 Å². The Morgan fingerprint density at radius 2 is 1.64 bits per heavy atom. The number of methoxy groups -OCH3 is 2. The zero-order valence-corrected chi connectivity index (χ0v) is 14.1. The molecule has 0 heterocycles. The maximum atomic E-state index is 12.3. The lowest BCUT2D eigenvalue weighted by atomic mass is 10.3. The quantitative estimate of drug-likeness (QED) is 0.651. The van der Waals surface area contributed by atoms with Crippen molar-refractivity contribution in [2.24, 2.45) is 0 Å². The van der Waals surface area contributed by atoms with E-state index in [9.17, 15) is 8.42 Å². The third kappa shape index (κ3) is 5.13. The molecule has 0 atom stereocenters. The van der Waals surface area contributed by atoms with Gasteiger partial charge in [0, 0.05) is 19.3 Å². The molecule has 0 saturated carbocycles. The van der Waals surface area contributed by atoms with Crippen molar-refractivity contribution in [3.63, 3.8) is 0 Å². The van der Waals surface area contributed by atoms with E-state index in [4.69, 9.17) is 18.9 Å². The molecule has 7 nitrogen and oxygen atoms in total. The molecular weight excluding hydrogens is 310 g/mol. The van der Waals surface area contributed by atoms with E-state index >= 15 is 0 Å². The maximum Gasteiger partial charge on any atom is 0.240 e. The molecule has 1 aromatic carbocycles. The van der Waals surface area contributed by atoms with Gasteiger partial charge in [-0.1, -0.05) is 0 Å². The van der Waals surface area contributed by atoms with Gasteiger partial charge in [0.2, 0.25) is 10.0 Å². The topological polar surface area (TPSA) is 83.1 Å². The summed E-state index contributed by atoms with van der Waals surface area (Å²) in [7, 11) is -0.764. The van der Waals surface area contributed by atoms with Crippen molar-refractivity contribution in [3.05, 3.63) is 18.2 Å². The van der Waals surface area contributed by atoms with Crippen LogP contribution in [0.15, 0.2) is 23.1 Å². The minimum atomic E-state index is -3.70. The number of rotatable bonds is 10. The largest absolute Gasteiger partial charge is 0.493 e. The summed E-state index contributed by atoms with van der Waals surface area (Å²) in [4.78, 5) is 0.0805. The van der Waals surface area contributed by atoms with Gasteiger partial charge in [0.25, 0.3) is 0 Å². The number of benzene rings is 1. The second-order valence-electron chi connectivity index (χ2n) is 4.21. The van der Waals surface area contributed by atoms with E-state index in [1.807, 2.05) is 13.8 Å². The van der Waals surface area contributed by atoms with Gasteiger partial charge in [0.1, 0.15) is 0 Å². The van der Waals surface area contributed by atoms with Gasteiger partial charge in [-0.05, 0) is 26.0 Å². The lowest BCUT2D eigenvalue weighted by Gasteiger charge is -2.17. The van der Waals surface area contributed by atoms with Gasteiger partial charge in [-0.25, -0.2) is 13.1 Å². The third-order valence-electron chi connectivity index (χ3n) is 2.81. The molecule has 0 bridgehead atoms. The average molecular weight is 333 g/mol. The molecule has 1 rings (SSSR count). The molecule has 126 valence electrons. The fourth-order valence-electron chi connectivity index (χ4n) is 1.78. The van der Waals surface area contributed by atoms with Crippen LogP contribution in [0, 0.1) is 0 Å². The molecule has 0 spiro atoms. The summed E-state index contributed by atoms with van der Waals surface area (Å²) in [6.45, 7) is 4.52. The molecule has 0 aliphatic heterocycles. The van der Waals surface area contributed by atoms with Crippen molar-refractivity contribution < 1.29 is 27.4 Å². The zero-order valence-electron chi connectivity index (χ0n) is 13.3. The summed E-state index contributed by atoms with van der Waals surface area (Å²) in [5, 5.41) is 0. The van der Waals surface area contributed by atoms with E-state index in [0.29, 0.717) is 24.7 Å². The van der Waals surface area contributed by atoms with Gasteiger partial charge < -0.3 is 18.9 Å². The summed E-state index contributed by atoms with van der Waals surface area (Å²) in [6, 6.07) is 4.38. The third-order valence-corrected chi connectivity index (χ3v) is 4.23. The molecule has 0 aliphatic rings. The smallest absolute Gasteiger partial charge is 0.240 e. The van der Waals surface area contributed by atoms with E-state index in [0.717, 1.165) is 0 Å². The first-order valence-electron chi connectivity index (χ1n) is 6.93. The summed E-state index contributed by atoms with van der Waals surface area (Å²) in [5.41, 5.74) is 0. The molecule has 0 amide bonds. The lowest BCUT2D eigenvalue weighted by Crippen LogP contribution is -2.35. The summed E-state index contributed by atoms with van der Waals surface area (Å²) in [5.74, 6) is 0.805. The van der Waals surface area contributed by atoms with Gasteiger partial charge >= 0.3 is 0 Å². The normalized spacial score (nSPS) is 11.7. The highest BCUT2D eigenvalue weighted by atomic mass is 32.2. The van der Waals surface area contributed by atoms with E-state index < -0.39 is 16.3 Å². The minimum absolute atomic E-state index is 0.0261. The minimum Gasteiger partial charge on any atom is -0.493 e. The first-order valence-corrected chi connectivity index (χ1v) is 8.41. The molecule has 0 saturated heterocycles. The highest BCUT2D eigenvalue weighted by Gasteiger charge is 2.19. The van der Waals surface area contributed by atoms with E-state index in [-0.39, 0.29) is 11.4 Å². The lowest BCUT2D eigenvalue weighted by molar-refractivity contribution is -0.130. The number of ether oxygens (including phenoxy) is 4. The molecule has 0 unspecified atom stereocenters. The van der Waals surface area contributed by atoms with Crippen LogP contribution in [0.4, 0.5) is 0 Å². The Hall–Kier alpha value is -1.35. The molecular formula is C14H23NO6S. The van der Waals surface area contributed by atoms with Crippen LogP contribution >= 0.6 is 0 Å². The Balaban J connectivity index is 2.85. The van der Waals surface area contributed by atoms with Crippen LogP contribution in [0.2, 0.25) is 0 Å². The average Bonchev–Trinajstić information content (AvgIpc) is 2.52. The highest BCUT2D eigenvalue weighted by molar-refractivity contribution is 7.89. The predicted octanol–water partition coefficient (Wildman–Crippen LogP) is 1.38. The molecule has 1 aromatic rings. The van der Waals surface area contributed by atoms with Crippen molar-refractivity contribution >= 4 is 10.0 Å². The molecule has 1 N–H and O–H groups in total. The fraction of sp³-hybridized carbons (Fsp3) is 0.571. The summed E-state index contributed by atoms with van der Waals surface area (Å²) in [6.07, 6.45) is -0.620. The highest BCUT2D eigenvalue weighted by Crippen LogP contribution is 2.29. The first-order chi connectivity index (χ1) is 10.5. The fourth-order valence-corrected chi connectivity index (χ4v) is 2.81. The van der Waals surface area contributed by atoms with Crippen LogP contribution in [0.5, 0.6) is 11.5 Å². The van der Waals surface area contributed by atoms with Crippen LogP contribution in [-0.2, 0) is 19.5 Å². The Bertz CT molecular complexity index is 554. The Labute approximate surface area is 131 Å². The van der Waals surface area contributed by atoms with Crippen molar-refractivity contribution in [1.29, 1.82) is 0 Å². The first kappa shape index (κ1) is 18.7. The van der Waals surface area contributed by atoms with Gasteiger partial charge in [-0.2, -0.15) is 0 Å². The van der Waals surface area contributed by atoms with Crippen LogP contribution in [0.3, 0.4) is 0 Å². The van der Waals surface area contributed by atoms with Gasteiger partial charge in [0.15, 0.2) is 17.8 Å². The number of nitrogens with one attached hydrogen (secondary N) is 1. The standard InChI is InChI=1S/C14H23NO6S/c1-5-20-14(21-6-2)10-15-22(16,17)11-7-8-12(18-3)13(9-11)19-4/h7-9,14-15H,5-6,10H2,1-4H3. The van der Waals surface area contributed by atoms with Gasteiger partial charge in [-0.3, -0.25) is 0 Å². The van der Waals surface area contributed by atoms with E-state index in [1.165, 1.54) is 32.4 Å².